The molecule has 5 rings (SSSR count). The third-order valence-corrected chi connectivity index (χ3v) is 4.72. The number of hydrogen-bond donors (Lipinski definition) is 1. The molecule has 7 heteroatoms. The summed E-state index contributed by atoms with van der Waals surface area (Å²) < 4.78 is 18.9. The molecule has 0 unspecified atom stereocenters. The fraction of sp³-hybridized carbons (Fsp3) is 0.0435. The number of aromatic hydroxyl groups is 1. The third-order valence-electron chi connectivity index (χ3n) is 4.72. The molecule has 1 N–H and O–H groups in total. The Balaban J connectivity index is 1.60. The standard InChI is InChI=1S/C23H15FN4O2/c24-16-10-8-14(9-11-16)13-18-27-28-23(30-18)21-22(29)20-17(7-4-12-25-20)19(26-21)15-5-2-1-3-6-15/h1-12,29H,13H2. The summed E-state index contributed by atoms with van der Waals surface area (Å²) in [7, 11) is 0. The van der Waals surface area contributed by atoms with Crippen LogP contribution in [-0.4, -0.2) is 25.3 Å². The van der Waals surface area contributed by atoms with Gasteiger partial charge in [0, 0.05) is 17.1 Å². The maximum absolute atomic E-state index is 13.1. The second-order valence-corrected chi connectivity index (χ2v) is 6.73. The average Bonchev–Trinajstić information content (AvgIpc) is 3.25. The van der Waals surface area contributed by atoms with Gasteiger partial charge < -0.3 is 9.52 Å². The van der Waals surface area contributed by atoms with Crippen LogP contribution in [-0.2, 0) is 6.42 Å². The van der Waals surface area contributed by atoms with Gasteiger partial charge in [0.2, 0.25) is 5.89 Å². The van der Waals surface area contributed by atoms with Crippen LogP contribution in [0, 0.1) is 5.82 Å². The van der Waals surface area contributed by atoms with E-state index < -0.39 is 0 Å². The Kier molecular flexibility index (Phi) is 4.40. The molecule has 0 aliphatic rings. The molecule has 0 saturated heterocycles. The van der Waals surface area contributed by atoms with Gasteiger partial charge in [0.1, 0.15) is 11.3 Å². The molecule has 2 aromatic carbocycles. The normalized spacial score (nSPS) is 11.1. The Morgan fingerprint density at radius 2 is 1.67 bits per heavy atom. The summed E-state index contributed by atoms with van der Waals surface area (Å²) >= 11 is 0. The summed E-state index contributed by atoms with van der Waals surface area (Å²) in [6.07, 6.45) is 1.94. The molecule has 0 bridgehead atoms. The van der Waals surface area contributed by atoms with Crippen LogP contribution in [0.2, 0.25) is 0 Å². The van der Waals surface area contributed by atoms with Gasteiger partial charge in [0.25, 0.3) is 5.89 Å². The number of hydrogen-bond acceptors (Lipinski definition) is 6. The highest BCUT2D eigenvalue weighted by Crippen LogP contribution is 2.37. The lowest BCUT2D eigenvalue weighted by Gasteiger charge is -2.09. The second kappa shape index (κ2) is 7.36. The number of aromatic nitrogens is 4. The van der Waals surface area contributed by atoms with Crippen molar-refractivity contribution in [3.05, 3.63) is 90.2 Å². The lowest BCUT2D eigenvalue weighted by atomic mass is 10.1. The number of nitrogens with zero attached hydrogens (tertiary/aromatic N) is 4. The van der Waals surface area contributed by atoms with Crippen LogP contribution < -0.4 is 0 Å². The molecule has 146 valence electrons. The van der Waals surface area contributed by atoms with Crippen LogP contribution in [0.1, 0.15) is 11.5 Å². The first kappa shape index (κ1) is 17.9. The zero-order valence-corrected chi connectivity index (χ0v) is 15.7. The molecule has 3 heterocycles. The van der Waals surface area contributed by atoms with Crippen molar-refractivity contribution >= 4 is 10.9 Å². The highest BCUT2D eigenvalue weighted by Gasteiger charge is 2.21. The largest absolute Gasteiger partial charge is 0.504 e. The number of fused-ring (bicyclic) bond motifs is 1. The van der Waals surface area contributed by atoms with Gasteiger partial charge in [-0.25, -0.2) is 9.37 Å². The summed E-state index contributed by atoms with van der Waals surface area (Å²) in [4.78, 5) is 8.96. The molecule has 30 heavy (non-hydrogen) atoms. The van der Waals surface area contributed by atoms with E-state index in [0.29, 0.717) is 23.5 Å². The molecule has 0 spiro atoms. The fourth-order valence-electron chi connectivity index (χ4n) is 3.29. The maximum atomic E-state index is 13.1. The van der Waals surface area contributed by atoms with Gasteiger partial charge in [0.05, 0.1) is 12.1 Å². The van der Waals surface area contributed by atoms with Crippen molar-refractivity contribution in [2.45, 2.75) is 6.42 Å². The van der Waals surface area contributed by atoms with E-state index in [0.717, 1.165) is 16.5 Å². The first-order chi connectivity index (χ1) is 14.7. The SMILES string of the molecule is Oc1c(-c2nnc(Cc3ccc(F)cc3)o2)nc(-c2ccccc2)c2cccnc12. The lowest BCUT2D eigenvalue weighted by Crippen LogP contribution is -1.94. The minimum absolute atomic E-state index is 0.0920. The van der Waals surface area contributed by atoms with Gasteiger partial charge in [-0.2, -0.15) is 0 Å². The van der Waals surface area contributed by atoms with Crippen molar-refractivity contribution in [2.75, 3.05) is 0 Å². The van der Waals surface area contributed by atoms with Crippen molar-refractivity contribution in [3.8, 4) is 28.6 Å². The Hall–Kier alpha value is -4.13. The molecule has 0 radical (unpaired) electrons. The van der Waals surface area contributed by atoms with Crippen molar-refractivity contribution < 1.29 is 13.9 Å². The molecular formula is C23H15FN4O2. The zero-order chi connectivity index (χ0) is 20.5. The van der Waals surface area contributed by atoms with E-state index in [1.165, 1.54) is 12.1 Å². The smallest absolute Gasteiger partial charge is 0.270 e. The molecule has 0 fully saturated rings. The number of halogens is 1. The monoisotopic (exact) mass is 398 g/mol. The molecule has 0 aliphatic carbocycles. The Morgan fingerprint density at radius 1 is 0.867 bits per heavy atom. The van der Waals surface area contributed by atoms with E-state index in [2.05, 4.69) is 20.2 Å². The highest BCUT2D eigenvalue weighted by atomic mass is 19.1. The van der Waals surface area contributed by atoms with Gasteiger partial charge >= 0.3 is 0 Å². The molecule has 0 atom stereocenters. The first-order valence-corrected chi connectivity index (χ1v) is 9.29. The third kappa shape index (κ3) is 3.26. The predicted octanol–water partition coefficient (Wildman–Crippen LogP) is 4.78. The Labute approximate surface area is 170 Å². The predicted molar refractivity (Wildman–Crippen MR) is 109 cm³/mol. The Morgan fingerprint density at radius 3 is 2.47 bits per heavy atom. The van der Waals surface area contributed by atoms with Crippen molar-refractivity contribution in [1.82, 2.24) is 20.2 Å². The van der Waals surface area contributed by atoms with Crippen molar-refractivity contribution in [2.24, 2.45) is 0 Å². The first-order valence-electron chi connectivity index (χ1n) is 9.29. The summed E-state index contributed by atoms with van der Waals surface area (Å²) in [5.41, 5.74) is 2.93. The van der Waals surface area contributed by atoms with E-state index in [4.69, 9.17) is 4.42 Å². The Bertz CT molecular complexity index is 1330. The number of pyridine rings is 2. The maximum Gasteiger partial charge on any atom is 0.270 e. The topological polar surface area (TPSA) is 84.9 Å². The second-order valence-electron chi connectivity index (χ2n) is 6.73. The van der Waals surface area contributed by atoms with Crippen LogP contribution in [0.4, 0.5) is 4.39 Å². The minimum Gasteiger partial charge on any atom is -0.504 e. The molecule has 0 saturated carbocycles. The van der Waals surface area contributed by atoms with Crippen molar-refractivity contribution in [3.63, 3.8) is 0 Å². The van der Waals surface area contributed by atoms with Crippen LogP contribution >= 0.6 is 0 Å². The van der Waals surface area contributed by atoms with Crippen LogP contribution in [0.3, 0.4) is 0 Å². The molecular weight excluding hydrogens is 383 g/mol. The molecule has 3 aromatic heterocycles. The summed E-state index contributed by atoms with van der Waals surface area (Å²) in [6.45, 7) is 0. The van der Waals surface area contributed by atoms with E-state index in [9.17, 15) is 9.50 Å². The average molecular weight is 398 g/mol. The van der Waals surface area contributed by atoms with Gasteiger partial charge in [0.15, 0.2) is 11.4 Å². The van der Waals surface area contributed by atoms with Gasteiger partial charge in [-0.15, -0.1) is 10.2 Å². The molecule has 5 aromatic rings. The van der Waals surface area contributed by atoms with Gasteiger partial charge in [-0.05, 0) is 29.8 Å². The molecule has 6 nitrogen and oxygen atoms in total. The molecule has 0 aliphatic heterocycles. The zero-order valence-electron chi connectivity index (χ0n) is 15.7. The minimum atomic E-state index is -0.309. The highest BCUT2D eigenvalue weighted by molar-refractivity contribution is 5.98. The quantitative estimate of drug-likeness (QED) is 0.469. The van der Waals surface area contributed by atoms with Gasteiger partial charge in [-0.1, -0.05) is 42.5 Å². The van der Waals surface area contributed by atoms with Crippen LogP contribution in [0.25, 0.3) is 33.7 Å². The molecule has 0 amide bonds. The summed E-state index contributed by atoms with van der Waals surface area (Å²) in [5.74, 6) is -0.00649. The van der Waals surface area contributed by atoms with Gasteiger partial charge in [-0.3, -0.25) is 4.98 Å². The number of rotatable bonds is 4. The summed E-state index contributed by atoms with van der Waals surface area (Å²) in [5, 5.41) is 19.6. The van der Waals surface area contributed by atoms with Crippen LogP contribution in [0.15, 0.2) is 77.3 Å². The van der Waals surface area contributed by atoms with E-state index >= 15 is 0 Å². The van der Waals surface area contributed by atoms with Crippen LogP contribution in [0.5, 0.6) is 5.75 Å². The van der Waals surface area contributed by atoms with E-state index in [1.54, 1.807) is 24.4 Å². The fourth-order valence-corrected chi connectivity index (χ4v) is 3.29. The van der Waals surface area contributed by atoms with E-state index in [-0.39, 0.29) is 23.2 Å². The summed E-state index contributed by atoms with van der Waals surface area (Å²) in [6, 6.07) is 19.3. The lowest BCUT2D eigenvalue weighted by molar-refractivity contribution is 0.471. The van der Waals surface area contributed by atoms with Crippen molar-refractivity contribution in [1.29, 1.82) is 0 Å². The van der Waals surface area contributed by atoms with E-state index in [1.807, 2.05) is 36.4 Å². The number of benzene rings is 2.